The van der Waals surface area contributed by atoms with Gasteiger partial charge in [0.1, 0.15) is 0 Å². The molecule has 0 amide bonds. The molecular weight excluding hydrogens is 260 g/mol. The number of hydrogen-bond donors (Lipinski definition) is 1. The summed E-state index contributed by atoms with van der Waals surface area (Å²) >= 11 is 5.91. The summed E-state index contributed by atoms with van der Waals surface area (Å²) in [6.45, 7) is 9.31. The zero-order valence-corrected chi connectivity index (χ0v) is 12.5. The Kier molecular flexibility index (Phi) is 5.64. The lowest BCUT2D eigenvalue weighted by Crippen LogP contribution is -2.44. The summed E-state index contributed by atoms with van der Waals surface area (Å²) in [7, 11) is 0. The minimum atomic E-state index is 0.341. The maximum atomic E-state index is 5.91. The second-order valence-corrected chi connectivity index (χ2v) is 5.69. The summed E-state index contributed by atoms with van der Waals surface area (Å²) in [5.41, 5.74) is 1.28. The van der Waals surface area contributed by atoms with Crippen LogP contribution in [-0.2, 0) is 4.74 Å². The molecule has 1 aliphatic heterocycles. The molecule has 0 spiro atoms. The molecular formula is C15H23ClN2O. The predicted molar refractivity (Wildman–Crippen MR) is 79.7 cm³/mol. The highest BCUT2D eigenvalue weighted by Crippen LogP contribution is 2.16. The molecule has 4 heteroatoms. The third-order valence-corrected chi connectivity index (χ3v) is 3.79. The number of morpholine rings is 1. The van der Waals surface area contributed by atoms with Crippen molar-refractivity contribution in [3.63, 3.8) is 0 Å². The van der Waals surface area contributed by atoms with E-state index in [1.165, 1.54) is 5.56 Å². The topological polar surface area (TPSA) is 24.5 Å². The molecule has 0 bridgehead atoms. The maximum Gasteiger partial charge on any atom is 0.0594 e. The van der Waals surface area contributed by atoms with Gasteiger partial charge in [-0.15, -0.1) is 0 Å². The van der Waals surface area contributed by atoms with Crippen molar-refractivity contribution in [2.24, 2.45) is 0 Å². The van der Waals surface area contributed by atoms with Crippen LogP contribution in [0.25, 0.3) is 0 Å². The minimum Gasteiger partial charge on any atom is -0.379 e. The zero-order valence-electron chi connectivity index (χ0n) is 11.7. The summed E-state index contributed by atoms with van der Waals surface area (Å²) in [5.74, 6) is 0. The molecule has 106 valence electrons. The van der Waals surface area contributed by atoms with E-state index in [1.54, 1.807) is 0 Å². The van der Waals surface area contributed by atoms with Crippen LogP contribution >= 0.6 is 11.6 Å². The largest absolute Gasteiger partial charge is 0.379 e. The van der Waals surface area contributed by atoms with Crippen LogP contribution in [0.5, 0.6) is 0 Å². The van der Waals surface area contributed by atoms with E-state index in [0.29, 0.717) is 12.1 Å². The molecule has 2 unspecified atom stereocenters. The molecule has 1 heterocycles. The zero-order chi connectivity index (χ0) is 13.7. The summed E-state index contributed by atoms with van der Waals surface area (Å²) in [4.78, 5) is 2.45. The fraction of sp³-hybridized carbons (Fsp3) is 0.600. The van der Waals surface area contributed by atoms with Gasteiger partial charge in [-0.25, -0.2) is 0 Å². The average Bonchev–Trinajstić information content (AvgIpc) is 2.40. The first-order valence-electron chi connectivity index (χ1n) is 6.97. The Hall–Kier alpha value is -0.610. The highest BCUT2D eigenvalue weighted by atomic mass is 35.5. The van der Waals surface area contributed by atoms with Gasteiger partial charge in [0, 0.05) is 36.7 Å². The van der Waals surface area contributed by atoms with E-state index in [0.717, 1.165) is 37.9 Å². The van der Waals surface area contributed by atoms with Gasteiger partial charge in [-0.05, 0) is 31.5 Å². The lowest BCUT2D eigenvalue weighted by atomic mass is 10.1. The van der Waals surface area contributed by atoms with E-state index in [1.807, 2.05) is 12.1 Å². The third kappa shape index (κ3) is 4.77. The number of nitrogens with one attached hydrogen (secondary N) is 1. The van der Waals surface area contributed by atoms with Crippen LogP contribution < -0.4 is 5.32 Å². The summed E-state index contributed by atoms with van der Waals surface area (Å²) in [5, 5.41) is 4.43. The highest BCUT2D eigenvalue weighted by Gasteiger charge is 2.15. The molecule has 1 aromatic rings. The number of halogens is 1. The SMILES string of the molecule is CC(CN1CCOCC1)NC(C)c1ccc(Cl)cc1. The Morgan fingerprint density at radius 3 is 2.47 bits per heavy atom. The number of ether oxygens (including phenoxy) is 1. The first-order valence-corrected chi connectivity index (χ1v) is 7.34. The summed E-state index contributed by atoms with van der Waals surface area (Å²) < 4.78 is 5.37. The van der Waals surface area contributed by atoms with E-state index >= 15 is 0 Å². The van der Waals surface area contributed by atoms with Crippen molar-refractivity contribution in [3.8, 4) is 0 Å². The lowest BCUT2D eigenvalue weighted by molar-refractivity contribution is 0.0339. The van der Waals surface area contributed by atoms with Crippen molar-refractivity contribution in [2.45, 2.75) is 25.9 Å². The van der Waals surface area contributed by atoms with Gasteiger partial charge in [-0.2, -0.15) is 0 Å². The Morgan fingerprint density at radius 2 is 1.84 bits per heavy atom. The molecule has 1 aromatic carbocycles. The van der Waals surface area contributed by atoms with Crippen LogP contribution in [0.1, 0.15) is 25.5 Å². The van der Waals surface area contributed by atoms with Gasteiger partial charge in [0.05, 0.1) is 13.2 Å². The minimum absolute atomic E-state index is 0.341. The van der Waals surface area contributed by atoms with Gasteiger partial charge in [-0.3, -0.25) is 4.90 Å². The van der Waals surface area contributed by atoms with Gasteiger partial charge < -0.3 is 10.1 Å². The second kappa shape index (κ2) is 7.25. The summed E-state index contributed by atoms with van der Waals surface area (Å²) in [6.07, 6.45) is 0. The van der Waals surface area contributed by atoms with Crippen molar-refractivity contribution >= 4 is 11.6 Å². The van der Waals surface area contributed by atoms with Gasteiger partial charge in [0.25, 0.3) is 0 Å². The second-order valence-electron chi connectivity index (χ2n) is 5.25. The fourth-order valence-electron chi connectivity index (χ4n) is 2.50. The smallest absolute Gasteiger partial charge is 0.0594 e. The van der Waals surface area contributed by atoms with Crippen LogP contribution in [0.15, 0.2) is 24.3 Å². The van der Waals surface area contributed by atoms with E-state index in [2.05, 4.69) is 36.2 Å². The normalized spacial score (nSPS) is 20.2. The molecule has 3 nitrogen and oxygen atoms in total. The van der Waals surface area contributed by atoms with Crippen LogP contribution in [-0.4, -0.2) is 43.8 Å². The number of benzene rings is 1. The van der Waals surface area contributed by atoms with E-state index in [9.17, 15) is 0 Å². The molecule has 1 aliphatic rings. The van der Waals surface area contributed by atoms with Crippen LogP contribution in [0.4, 0.5) is 0 Å². The number of rotatable bonds is 5. The standard InChI is InChI=1S/C15H23ClN2O/c1-12(11-18-7-9-19-10-8-18)17-13(2)14-3-5-15(16)6-4-14/h3-6,12-13,17H,7-11H2,1-2H3. The molecule has 0 aromatic heterocycles. The van der Waals surface area contributed by atoms with Crippen molar-refractivity contribution in [2.75, 3.05) is 32.8 Å². The van der Waals surface area contributed by atoms with Gasteiger partial charge >= 0.3 is 0 Å². The molecule has 19 heavy (non-hydrogen) atoms. The Labute approximate surface area is 120 Å². The van der Waals surface area contributed by atoms with Crippen molar-refractivity contribution in [3.05, 3.63) is 34.9 Å². The van der Waals surface area contributed by atoms with Gasteiger partial charge in [-0.1, -0.05) is 23.7 Å². The Bertz CT molecular complexity index is 376. The first-order chi connectivity index (χ1) is 9.15. The maximum absolute atomic E-state index is 5.91. The van der Waals surface area contributed by atoms with Gasteiger partial charge in [0.15, 0.2) is 0 Å². The molecule has 2 atom stereocenters. The van der Waals surface area contributed by atoms with Crippen molar-refractivity contribution in [1.82, 2.24) is 10.2 Å². The third-order valence-electron chi connectivity index (χ3n) is 3.54. The quantitative estimate of drug-likeness (QED) is 0.899. The molecule has 2 rings (SSSR count). The molecule has 0 aliphatic carbocycles. The molecule has 0 saturated carbocycles. The molecule has 1 N–H and O–H groups in total. The average molecular weight is 283 g/mol. The number of nitrogens with zero attached hydrogens (tertiary/aromatic N) is 1. The van der Waals surface area contributed by atoms with Crippen LogP contribution in [0.2, 0.25) is 5.02 Å². The Balaban J connectivity index is 1.80. The highest BCUT2D eigenvalue weighted by molar-refractivity contribution is 6.30. The predicted octanol–water partition coefficient (Wildman–Crippen LogP) is 2.71. The monoisotopic (exact) mass is 282 g/mol. The number of hydrogen-bond acceptors (Lipinski definition) is 3. The van der Waals surface area contributed by atoms with Gasteiger partial charge in [0.2, 0.25) is 0 Å². The Morgan fingerprint density at radius 1 is 1.21 bits per heavy atom. The molecule has 1 saturated heterocycles. The van der Waals surface area contributed by atoms with E-state index in [4.69, 9.17) is 16.3 Å². The molecule has 0 radical (unpaired) electrons. The summed E-state index contributed by atoms with van der Waals surface area (Å²) in [6, 6.07) is 8.86. The van der Waals surface area contributed by atoms with Crippen LogP contribution in [0.3, 0.4) is 0 Å². The lowest BCUT2D eigenvalue weighted by Gasteiger charge is -2.30. The van der Waals surface area contributed by atoms with Crippen molar-refractivity contribution < 1.29 is 4.74 Å². The van der Waals surface area contributed by atoms with Crippen molar-refractivity contribution in [1.29, 1.82) is 0 Å². The van der Waals surface area contributed by atoms with Crippen LogP contribution in [0, 0.1) is 0 Å². The first kappa shape index (κ1) is 14.8. The fourth-order valence-corrected chi connectivity index (χ4v) is 2.62. The van der Waals surface area contributed by atoms with E-state index < -0.39 is 0 Å². The molecule has 1 fully saturated rings. The van der Waals surface area contributed by atoms with E-state index in [-0.39, 0.29) is 0 Å².